The van der Waals surface area contributed by atoms with Gasteiger partial charge in [-0.25, -0.2) is 13.8 Å². The summed E-state index contributed by atoms with van der Waals surface area (Å²) in [5.74, 6) is -1.95. The lowest BCUT2D eigenvalue weighted by Crippen LogP contribution is -2.55. The van der Waals surface area contributed by atoms with Crippen molar-refractivity contribution in [2.45, 2.75) is 12.5 Å². The van der Waals surface area contributed by atoms with E-state index in [2.05, 4.69) is 21.0 Å². The Morgan fingerprint density at radius 1 is 1.19 bits per heavy atom. The zero-order valence-corrected chi connectivity index (χ0v) is 24.4. The van der Waals surface area contributed by atoms with E-state index in [0.29, 0.717) is 32.4 Å². The standard InChI is InChI=1S/C31H23ClF2N6O2S/c1-42-31-37-28-22(9-8-21(27(28)34)20-6-2-4-18-5-3-7-23(32)26(18)20)29(38-31)39-13-14-40(19(17-39)10-11-35)30(41)24(33)16-25-36-12-15-43-25/h2-9,12,15-16,19H,10,13-14,17H2,1H3/b24-16-. The summed E-state index contributed by atoms with van der Waals surface area (Å²) in [7, 11) is 1.39. The Labute approximate surface area is 254 Å². The number of benzene rings is 3. The minimum absolute atomic E-state index is 0.0345. The number of hydrogen-bond donors (Lipinski definition) is 0. The second-order valence-electron chi connectivity index (χ2n) is 9.82. The first-order chi connectivity index (χ1) is 20.9. The summed E-state index contributed by atoms with van der Waals surface area (Å²) in [6, 6.07) is 15.9. The average Bonchev–Trinajstić information content (AvgIpc) is 3.53. The third-order valence-electron chi connectivity index (χ3n) is 7.37. The molecular weight excluding hydrogens is 594 g/mol. The fraction of sp³-hybridized carbons (Fsp3) is 0.194. The van der Waals surface area contributed by atoms with Gasteiger partial charge in [0.05, 0.1) is 25.6 Å². The van der Waals surface area contributed by atoms with E-state index in [1.165, 1.54) is 29.5 Å². The van der Waals surface area contributed by atoms with E-state index in [0.717, 1.165) is 16.8 Å². The Morgan fingerprint density at radius 2 is 2.00 bits per heavy atom. The summed E-state index contributed by atoms with van der Waals surface area (Å²) in [5.41, 5.74) is 0.991. The Balaban J connectivity index is 1.38. The van der Waals surface area contributed by atoms with Gasteiger partial charge >= 0.3 is 6.01 Å². The number of methoxy groups -OCH3 is 1. The number of ether oxygens (including phenoxy) is 1. The highest BCUT2D eigenvalue weighted by molar-refractivity contribution is 7.10. The molecule has 2 aromatic heterocycles. The van der Waals surface area contributed by atoms with Crippen LogP contribution in [0.2, 0.25) is 5.02 Å². The number of carbonyl (C=O) groups excluding carboxylic acids is 1. The summed E-state index contributed by atoms with van der Waals surface area (Å²) >= 11 is 7.74. The topological polar surface area (TPSA) is 95.2 Å². The zero-order valence-electron chi connectivity index (χ0n) is 22.8. The Bertz CT molecular complexity index is 1920. The van der Waals surface area contributed by atoms with Crippen molar-refractivity contribution in [3.05, 3.63) is 81.8 Å². The number of nitrogens with zero attached hydrogens (tertiary/aromatic N) is 6. The van der Waals surface area contributed by atoms with E-state index in [4.69, 9.17) is 16.3 Å². The number of rotatable bonds is 6. The summed E-state index contributed by atoms with van der Waals surface area (Å²) in [6.45, 7) is 0.546. The molecule has 0 spiro atoms. The molecule has 8 nitrogen and oxygen atoms in total. The fourth-order valence-corrected chi connectivity index (χ4v) is 6.23. The van der Waals surface area contributed by atoms with Crippen LogP contribution in [-0.4, -0.2) is 58.5 Å². The first-order valence-electron chi connectivity index (χ1n) is 13.3. The van der Waals surface area contributed by atoms with Crippen LogP contribution in [0.3, 0.4) is 0 Å². The lowest BCUT2D eigenvalue weighted by Gasteiger charge is -2.41. The predicted molar refractivity (Wildman–Crippen MR) is 163 cm³/mol. The van der Waals surface area contributed by atoms with Crippen LogP contribution in [0.5, 0.6) is 6.01 Å². The number of fused-ring (bicyclic) bond motifs is 2. The van der Waals surface area contributed by atoms with E-state index < -0.39 is 23.6 Å². The maximum atomic E-state index is 16.3. The number of piperazine rings is 1. The number of hydrogen-bond acceptors (Lipinski definition) is 8. The van der Waals surface area contributed by atoms with E-state index in [1.54, 1.807) is 23.6 Å². The molecule has 0 saturated carbocycles. The second-order valence-corrected chi connectivity index (χ2v) is 11.2. The normalized spacial score (nSPS) is 15.6. The summed E-state index contributed by atoms with van der Waals surface area (Å²) in [5, 5.41) is 14.1. The van der Waals surface area contributed by atoms with Crippen molar-refractivity contribution in [1.29, 1.82) is 5.26 Å². The summed E-state index contributed by atoms with van der Waals surface area (Å²) in [6.07, 6.45) is 2.58. The van der Waals surface area contributed by atoms with Gasteiger partial charge in [-0.3, -0.25) is 4.79 Å². The van der Waals surface area contributed by atoms with Crippen LogP contribution >= 0.6 is 22.9 Å². The van der Waals surface area contributed by atoms with Gasteiger partial charge < -0.3 is 14.5 Å². The maximum Gasteiger partial charge on any atom is 0.318 e. The van der Waals surface area contributed by atoms with Crippen molar-refractivity contribution < 1.29 is 18.3 Å². The highest BCUT2D eigenvalue weighted by Crippen LogP contribution is 2.39. The smallest absolute Gasteiger partial charge is 0.318 e. The van der Waals surface area contributed by atoms with Crippen LogP contribution in [0.4, 0.5) is 14.6 Å². The largest absolute Gasteiger partial charge is 0.467 e. The molecule has 0 N–H and O–H groups in total. The third-order valence-corrected chi connectivity index (χ3v) is 8.41. The van der Waals surface area contributed by atoms with E-state index in [1.807, 2.05) is 35.2 Å². The number of anilines is 1. The van der Waals surface area contributed by atoms with Crippen molar-refractivity contribution >= 4 is 62.4 Å². The minimum Gasteiger partial charge on any atom is -0.467 e. The van der Waals surface area contributed by atoms with Gasteiger partial charge in [0.2, 0.25) is 0 Å². The van der Waals surface area contributed by atoms with Gasteiger partial charge in [-0.15, -0.1) is 11.3 Å². The molecule has 0 aliphatic carbocycles. The zero-order chi connectivity index (χ0) is 30.1. The lowest BCUT2D eigenvalue weighted by atomic mass is 9.96. The van der Waals surface area contributed by atoms with Crippen LogP contribution < -0.4 is 9.64 Å². The molecule has 6 rings (SSSR count). The molecule has 0 bridgehead atoms. The first kappa shape index (κ1) is 28.5. The van der Waals surface area contributed by atoms with Gasteiger partial charge in [0.15, 0.2) is 11.6 Å². The van der Waals surface area contributed by atoms with Crippen LogP contribution in [0.15, 0.2) is 65.9 Å². The highest BCUT2D eigenvalue weighted by Gasteiger charge is 2.34. The second kappa shape index (κ2) is 11.9. The van der Waals surface area contributed by atoms with E-state index in [9.17, 15) is 14.4 Å². The predicted octanol–water partition coefficient (Wildman–Crippen LogP) is 6.65. The van der Waals surface area contributed by atoms with Gasteiger partial charge in [-0.1, -0.05) is 48.0 Å². The molecule has 3 heterocycles. The number of carbonyl (C=O) groups is 1. The van der Waals surface area contributed by atoms with Gasteiger partial charge in [-0.05, 0) is 23.1 Å². The summed E-state index contributed by atoms with van der Waals surface area (Å²) < 4.78 is 36.6. The molecule has 1 saturated heterocycles. The number of thiazole rings is 1. The number of halogens is 3. The highest BCUT2D eigenvalue weighted by atomic mass is 35.5. The molecule has 1 amide bonds. The van der Waals surface area contributed by atoms with Gasteiger partial charge in [0, 0.05) is 58.6 Å². The number of aromatic nitrogens is 3. The minimum atomic E-state index is -0.955. The van der Waals surface area contributed by atoms with Crippen molar-refractivity contribution in [3.8, 4) is 23.2 Å². The molecule has 43 heavy (non-hydrogen) atoms. The SMILES string of the molecule is COc1nc(N2CCN(C(=O)/C(F)=C/c3nccs3)C(CC#N)C2)c2ccc(-c3cccc4cccc(Cl)c34)c(F)c2n1. The van der Waals surface area contributed by atoms with Crippen LogP contribution in [0.25, 0.3) is 38.9 Å². The van der Waals surface area contributed by atoms with E-state index >= 15 is 4.39 Å². The quantitative estimate of drug-likeness (QED) is 0.197. The molecule has 1 aliphatic heterocycles. The van der Waals surface area contributed by atoms with Crippen LogP contribution in [0.1, 0.15) is 11.4 Å². The molecular formula is C31H23ClF2N6O2S. The van der Waals surface area contributed by atoms with E-state index in [-0.39, 0.29) is 37.6 Å². The van der Waals surface area contributed by atoms with Crippen molar-refractivity contribution in [2.75, 3.05) is 31.6 Å². The molecule has 3 aromatic carbocycles. The molecule has 5 aromatic rings. The first-order valence-corrected chi connectivity index (χ1v) is 14.6. The molecule has 1 atom stereocenters. The van der Waals surface area contributed by atoms with Gasteiger partial charge in [0.1, 0.15) is 16.3 Å². The molecule has 1 fully saturated rings. The Hall–Kier alpha value is -4.66. The number of nitriles is 1. The Morgan fingerprint density at radius 3 is 2.74 bits per heavy atom. The summed E-state index contributed by atoms with van der Waals surface area (Å²) in [4.78, 5) is 29.1. The van der Waals surface area contributed by atoms with Gasteiger partial charge in [-0.2, -0.15) is 15.2 Å². The molecule has 0 radical (unpaired) electrons. The monoisotopic (exact) mass is 616 g/mol. The molecule has 216 valence electrons. The lowest BCUT2D eigenvalue weighted by molar-refractivity contribution is -0.131. The van der Waals surface area contributed by atoms with Crippen LogP contribution in [-0.2, 0) is 4.79 Å². The molecule has 1 aliphatic rings. The average molecular weight is 617 g/mol. The Kier molecular flexibility index (Phi) is 7.88. The van der Waals surface area contributed by atoms with Crippen molar-refractivity contribution in [3.63, 3.8) is 0 Å². The van der Waals surface area contributed by atoms with Crippen molar-refractivity contribution in [2.24, 2.45) is 0 Å². The molecule has 1 unspecified atom stereocenters. The van der Waals surface area contributed by atoms with Crippen LogP contribution in [0, 0.1) is 17.1 Å². The van der Waals surface area contributed by atoms with Gasteiger partial charge in [0.25, 0.3) is 5.91 Å². The maximum absolute atomic E-state index is 16.3. The number of amides is 1. The fourth-order valence-electron chi connectivity index (χ4n) is 5.39. The third kappa shape index (κ3) is 5.35. The molecule has 12 heteroatoms. The van der Waals surface area contributed by atoms with Crippen molar-refractivity contribution in [1.82, 2.24) is 19.9 Å².